The second kappa shape index (κ2) is 9.91. The highest BCUT2D eigenvalue weighted by Crippen LogP contribution is 2.75. The number of allylic oxidation sites excluding steroid dienone is 1. The van der Waals surface area contributed by atoms with E-state index in [2.05, 4.69) is 64.0 Å². The zero-order valence-corrected chi connectivity index (χ0v) is 28.4. The fourth-order valence-corrected chi connectivity index (χ4v) is 12.1. The van der Waals surface area contributed by atoms with Crippen LogP contribution in [0.3, 0.4) is 0 Å². The van der Waals surface area contributed by atoms with Gasteiger partial charge in [0.2, 0.25) is 5.89 Å². The zero-order chi connectivity index (χ0) is 31.4. The predicted molar refractivity (Wildman–Crippen MR) is 174 cm³/mol. The number of halogens is 1. The summed E-state index contributed by atoms with van der Waals surface area (Å²) >= 11 is 6.10. The molecular weight excluding hydrogens is 570 g/mol. The van der Waals surface area contributed by atoms with Gasteiger partial charge in [-0.05, 0) is 132 Å². The van der Waals surface area contributed by atoms with Gasteiger partial charge in [0.15, 0.2) is 5.78 Å². The smallest absolute Gasteiger partial charge is 0.316 e. The van der Waals surface area contributed by atoms with Crippen molar-refractivity contribution in [3.05, 3.63) is 40.4 Å². The number of aliphatic hydroxyl groups excluding tert-OH is 1. The monoisotopic (exact) mass is 619 g/mol. The molecule has 0 saturated heterocycles. The molecule has 0 aliphatic heterocycles. The van der Waals surface area contributed by atoms with Crippen LogP contribution in [0.1, 0.15) is 106 Å². The molecule has 6 nitrogen and oxygen atoms in total. The van der Waals surface area contributed by atoms with Crippen molar-refractivity contribution in [1.29, 1.82) is 0 Å². The van der Waals surface area contributed by atoms with Gasteiger partial charge in [-0.15, -0.1) is 5.10 Å². The van der Waals surface area contributed by atoms with Crippen molar-refractivity contribution in [3.8, 4) is 11.5 Å². The molecule has 1 aromatic heterocycles. The van der Waals surface area contributed by atoms with Gasteiger partial charge in [0.25, 0.3) is 0 Å². The van der Waals surface area contributed by atoms with Crippen molar-refractivity contribution in [2.24, 2.45) is 45.3 Å². The molecule has 0 unspecified atom stereocenters. The SMILES string of the molecule is CC(C)C1=C2[C@H]3CC[C@@H]4[C@@]5(C)CC[C@H](O)C(C)(C)[C@@H]5CC[C@@]4(C)[C@]3(C)CC[C@@]2(Nc2nnc(-c3ccc(Cl)cc3)o2)CC1=O. The Hall–Kier alpha value is -2.18. The number of aliphatic hydroxyl groups is 1. The van der Waals surface area contributed by atoms with Gasteiger partial charge in [0.1, 0.15) is 0 Å². The van der Waals surface area contributed by atoms with Crippen molar-refractivity contribution in [3.63, 3.8) is 0 Å². The maximum Gasteiger partial charge on any atom is 0.316 e. The van der Waals surface area contributed by atoms with Gasteiger partial charge in [-0.2, -0.15) is 0 Å². The molecule has 4 saturated carbocycles. The number of rotatable bonds is 4. The molecule has 4 fully saturated rings. The number of carbonyl (C=O) groups is 1. The van der Waals surface area contributed by atoms with E-state index in [1.807, 2.05) is 24.3 Å². The van der Waals surface area contributed by atoms with Crippen LogP contribution in [0.2, 0.25) is 5.02 Å². The Morgan fingerprint density at radius 1 is 0.909 bits per heavy atom. The first-order chi connectivity index (χ1) is 20.7. The lowest BCUT2D eigenvalue weighted by Crippen LogP contribution is -2.66. The number of hydrogen-bond donors (Lipinski definition) is 2. The predicted octanol–water partition coefficient (Wildman–Crippen LogP) is 8.90. The highest BCUT2D eigenvalue weighted by atomic mass is 35.5. The zero-order valence-electron chi connectivity index (χ0n) is 27.6. The largest absolute Gasteiger partial charge is 0.403 e. The average molecular weight is 620 g/mol. The van der Waals surface area contributed by atoms with Crippen LogP contribution < -0.4 is 5.32 Å². The van der Waals surface area contributed by atoms with E-state index < -0.39 is 5.54 Å². The summed E-state index contributed by atoms with van der Waals surface area (Å²) < 4.78 is 6.18. The van der Waals surface area contributed by atoms with Crippen LogP contribution in [0.15, 0.2) is 39.8 Å². The molecule has 44 heavy (non-hydrogen) atoms. The second-order valence-electron chi connectivity index (χ2n) is 16.7. The van der Waals surface area contributed by atoms with Crippen LogP contribution >= 0.6 is 11.6 Å². The first-order valence-electron chi connectivity index (χ1n) is 17.0. The molecular formula is C37H50ClN3O3. The highest BCUT2D eigenvalue weighted by Gasteiger charge is 2.70. The third-order valence-corrected chi connectivity index (χ3v) is 14.5. The lowest BCUT2D eigenvalue weighted by molar-refractivity contribution is -0.226. The number of nitrogens with zero attached hydrogens (tertiary/aromatic N) is 2. The summed E-state index contributed by atoms with van der Waals surface area (Å²) in [5, 5.41) is 24.2. The van der Waals surface area contributed by atoms with E-state index in [-0.39, 0.29) is 39.5 Å². The fourth-order valence-electron chi connectivity index (χ4n) is 11.9. The summed E-state index contributed by atoms with van der Waals surface area (Å²) in [6.45, 7) is 16.7. The van der Waals surface area contributed by atoms with Crippen molar-refractivity contribution >= 4 is 23.4 Å². The minimum absolute atomic E-state index is 0.0577. The number of nitrogens with one attached hydrogen (secondary N) is 1. The Labute approximate surface area is 267 Å². The molecule has 7 rings (SSSR count). The summed E-state index contributed by atoms with van der Waals surface area (Å²) in [4.78, 5) is 13.9. The number of anilines is 1. The van der Waals surface area contributed by atoms with Gasteiger partial charge in [-0.3, -0.25) is 4.79 Å². The maximum absolute atomic E-state index is 13.9. The maximum atomic E-state index is 13.9. The van der Waals surface area contributed by atoms with Crippen LogP contribution in [0.25, 0.3) is 11.5 Å². The molecule has 238 valence electrons. The first kappa shape index (κ1) is 30.5. The summed E-state index contributed by atoms with van der Waals surface area (Å²) in [7, 11) is 0. The number of hydrogen-bond acceptors (Lipinski definition) is 6. The molecule has 0 amide bonds. The summed E-state index contributed by atoms with van der Waals surface area (Å²) in [5.74, 6) is 2.35. The van der Waals surface area contributed by atoms with E-state index in [1.165, 1.54) is 24.8 Å². The van der Waals surface area contributed by atoms with Gasteiger partial charge in [-0.25, -0.2) is 0 Å². The minimum atomic E-state index is -0.494. The van der Waals surface area contributed by atoms with E-state index in [1.54, 1.807) is 0 Å². The standard InChI is InChI=1S/C37H50ClN3O3/c1-21(2)29-25(42)20-37(39-32-41-40-31(44-32)22-8-10-23(38)11-9-22)19-18-35(6)24(30(29)37)12-13-27-34(5)16-15-28(43)33(3,4)26(34)14-17-36(27,35)7/h8-11,21,24,26-28,43H,12-20H2,1-7H3,(H,39,41)/t24-,26+,27-,28+,34+,35-,36-,37-/m1/s1. The third kappa shape index (κ3) is 4.04. The Kier molecular flexibility index (Phi) is 6.86. The molecule has 1 aromatic carbocycles. The second-order valence-corrected chi connectivity index (χ2v) is 17.1. The number of aromatic nitrogens is 2. The molecule has 8 atom stereocenters. The van der Waals surface area contributed by atoms with Crippen LogP contribution in [0.5, 0.6) is 0 Å². The van der Waals surface area contributed by atoms with E-state index in [4.69, 9.17) is 16.0 Å². The van der Waals surface area contributed by atoms with Crippen molar-refractivity contribution in [1.82, 2.24) is 10.2 Å². The Morgan fingerprint density at radius 3 is 2.34 bits per heavy atom. The van der Waals surface area contributed by atoms with Crippen LogP contribution in [0, 0.1) is 45.3 Å². The van der Waals surface area contributed by atoms with E-state index >= 15 is 0 Å². The van der Waals surface area contributed by atoms with E-state index in [0.717, 1.165) is 43.2 Å². The van der Waals surface area contributed by atoms with Crippen LogP contribution in [-0.4, -0.2) is 32.7 Å². The van der Waals surface area contributed by atoms with Gasteiger partial charge >= 0.3 is 6.01 Å². The topological polar surface area (TPSA) is 88.2 Å². The summed E-state index contributed by atoms with van der Waals surface area (Å²) in [6, 6.07) is 7.79. The van der Waals surface area contributed by atoms with Crippen molar-refractivity contribution in [2.75, 3.05) is 5.32 Å². The molecule has 5 aliphatic rings. The number of fused-ring (bicyclic) bond motifs is 7. The van der Waals surface area contributed by atoms with Crippen molar-refractivity contribution < 1.29 is 14.3 Å². The Balaban J connectivity index is 1.26. The quantitative estimate of drug-likeness (QED) is 0.355. The molecule has 5 aliphatic carbocycles. The average Bonchev–Trinajstić information content (AvgIpc) is 3.53. The summed E-state index contributed by atoms with van der Waals surface area (Å²) in [6.07, 6.45) is 8.82. The molecule has 0 bridgehead atoms. The van der Waals surface area contributed by atoms with Gasteiger partial charge < -0.3 is 14.8 Å². The highest BCUT2D eigenvalue weighted by molar-refractivity contribution is 6.30. The number of ketones is 1. The molecule has 0 spiro atoms. The van der Waals surface area contributed by atoms with Crippen LogP contribution in [-0.2, 0) is 4.79 Å². The molecule has 2 N–H and O–H groups in total. The first-order valence-corrected chi connectivity index (χ1v) is 17.4. The van der Waals surface area contributed by atoms with Gasteiger partial charge in [0.05, 0.1) is 11.6 Å². The van der Waals surface area contributed by atoms with Crippen molar-refractivity contribution in [2.45, 2.75) is 118 Å². The minimum Gasteiger partial charge on any atom is -0.403 e. The lowest BCUT2D eigenvalue weighted by Gasteiger charge is -2.72. The number of Topliss-reactive ketones (excluding diaryl/α,β-unsaturated/α-hetero) is 1. The normalized spacial score (nSPS) is 41.2. The number of carbonyl (C=O) groups excluding carboxylic acids is 1. The molecule has 0 radical (unpaired) electrons. The summed E-state index contributed by atoms with van der Waals surface area (Å²) in [5.41, 5.74) is 3.11. The van der Waals surface area contributed by atoms with E-state index in [9.17, 15) is 9.90 Å². The lowest BCUT2D eigenvalue weighted by atomic mass is 9.33. The van der Waals surface area contributed by atoms with Gasteiger partial charge in [-0.1, -0.05) is 65.2 Å². The Bertz CT molecular complexity index is 1510. The number of benzene rings is 1. The fraction of sp³-hybridized carbons (Fsp3) is 0.703. The van der Waals surface area contributed by atoms with E-state index in [0.29, 0.717) is 41.1 Å². The molecule has 7 heteroatoms. The third-order valence-electron chi connectivity index (χ3n) is 14.3. The molecule has 1 heterocycles. The molecule has 2 aromatic rings. The Morgan fingerprint density at radius 2 is 1.64 bits per heavy atom. The van der Waals surface area contributed by atoms with Crippen LogP contribution in [0.4, 0.5) is 6.01 Å². The van der Waals surface area contributed by atoms with Gasteiger partial charge in [0, 0.05) is 17.0 Å².